The smallest absolute Gasteiger partial charge is 0.132 e. The Morgan fingerprint density at radius 2 is 2.00 bits per heavy atom. The first-order chi connectivity index (χ1) is 7.68. The van der Waals surface area contributed by atoms with Crippen molar-refractivity contribution < 1.29 is 0 Å². The highest BCUT2D eigenvalue weighted by Crippen LogP contribution is 2.35. The molecule has 0 saturated carbocycles. The van der Waals surface area contributed by atoms with Crippen LogP contribution in [0, 0.1) is 0 Å². The van der Waals surface area contributed by atoms with Gasteiger partial charge in [-0.1, -0.05) is 6.07 Å². The lowest BCUT2D eigenvalue weighted by Crippen LogP contribution is -2.29. The number of likely N-dealkylation sites (N-methyl/N-ethyl adjacent to an activating group) is 1. The van der Waals surface area contributed by atoms with Gasteiger partial charge in [0.2, 0.25) is 0 Å². The summed E-state index contributed by atoms with van der Waals surface area (Å²) in [6.07, 6.45) is 3.00. The van der Waals surface area contributed by atoms with Crippen molar-refractivity contribution in [2.75, 3.05) is 32.1 Å². The minimum absolute atomic E-state index is 1.01. The van der Waals surface area contributed by atoms with Crippen LogP contribution in [0.2, 0.25) is 0 Å². The van der Waals surface area contributed by atoms with E-state index in [0.29, 0.717) is 0 Å². The van der Waals surface area contributed by atoms with E-state index in [0.717, 1.165) is 25.3 Å². The van der Waals surface area contributed by atoms with Crippen LogP contribution >= 0.6 is 0 Å². The van der Waals surface area contributed by atoms with Gasteiger partial charge in [-0.15, -0.1) is 0 Å². The summed E-state index contributed by atoms with van der Waals surface area (Å²) >= 11 is 0. The van der Waals surface area contributed by atoms with Crippen LogP contribution in [0.25, 0.3) is 0 Å². The molecular formula is C13H19N3. The van der Waals surface area contributed by atoms with E-state index in [9.17, 15) is 0 Å². The molecule has 0 radical (unpaired) electrons. The fraction of sp³-hybridized carbons (Fsp3) is 0.462. The normalized spacial score (nSPS) is 14.5. The van der Waals surface area contributed by atoms with Gasteiger partial charge in [0, 0.05) is 31.4 Å². The molecular weight excluding hydrogens is 198 g/mol. The molecule has 1 heterocycles. The van der Waals surface area contributed by atoms with Gasteiger partial charge in [0.25, 0.3) is 0 Å². The summed E-state index contributed by atoms with van der Waals surface area (Å²) in [6.45, 7) is 4.25. The Hall–Kier alpha value is -1.35. The Morgan fingerprint density at radius 1 is 1.25 bits per heavy atom. The van der Waals surface area contributed by atoms with Gasteiger partial charge < -0.3 is 9.80 Å². The fourth-order valence-electron chi connectivity index (χ4n) is 1.73. The van der Waals surface area contributed by atoms with E-state index in [-0.39, 0.29) is 0 Å². The predicted octanol–water partition coefficient (Wildman–Crippen LogP) is 2.13. The SMILES string of the molecule is CC1=C(N(CCN(C)C)c2ccccn2)C1. The molecule has 1 aromatic heterocycles. The molecule has 3 heteroatoms. The molecule has 1 aliphatic rings. The number of pyridine rings is 1. The minimum atomic E-state index is 1.01. The van der Waals surface area contributed by atoms with Crippen molar-refractivity contribution in [2.24, 2.45) is 0 Å². The molecule has 0 atom stereocenters. The number of allylic oxidation sites excluding steroid dienone is 2. The van der Waals surface area contributed by atoms with E-state index in [2.05, 4.69) is 41.9 Å². The van der Waals surface area contributed by atoms with Crippen molar-refractivity contribution in [1.29, 1.82) is 0 Å². The summed E-state index contributed by atoms with van der Waals surface area (Å²) in [6, 6.07) is 6.08. The van der Waals surface area contributed by atoms with Gasteiger partial charge in [0.15, 0.2) is 0 Å². The van der Waals surface area contributed by atoms with Gasteiger partial charge in [-0.2, -0.15) is 0 Å². The zero-order valence-corrected chi connectivity index (χ0v) is 10.3. The number of hydrogen-bond acceptors (Lipinski definition) is 3. The lowest BCUT2D eigenvalue weighted by atomic mass is 10.4. The number of anilines is 1. The Kier molecular flexibility index (Phi) is 3.25. The molecule has 1 aromatic rings. The molecule has 0 aromatic carbocycles. The van der Waals surface area contributed by atoms with Crippen LogP contribution < -0.4 is 4.90 Å². The van der Waals surface area contributed by atoms with E-state index >= 15 is 0 Å². The van der Waals surface area contributed by atoms with E-state index < -0.39 is 0 Å². The first kappa shape index (κ1) is 11.1. The molecule has 86 valence electrons. The van der Waals surface area contributed by atoms with Crippen LogP contribution in [0.1, 0.15) is 13.3 Å². The van der Waals surface area contributed by atoms with Crippen LogP contribution in [0.3, 0.4) is 0 Å². The maximum atomic E-state index is 4.43. The van der Waals surface area contributed by atoms with Gasteiger partial charge in [-0.3, -0.25) is 0 Å². The number of aromatic nitrogens is 1. The Bertz CT molecular complexity index is 381. The van der Waals surface area contributed by atoms with Crippen molar-refractivity contribution in [3.8, 4) is 0 Å². The van der Waals surface area contributed by atoms with Crippen molar-refractivity contribution in [1.82, 2.24) is 9.88 Å². The summed E-state index contributed by atoms with van der Waals surface area (Å²) in [4.78, 5) is 8.96. The third-order valence-corrected chi connectivity index (χ3v) is 2.82. The van der Waals surface area contributed by atoms with Gasteiger partial charge in [0.05, 0.1) is 0 Å². The highest BCUT2D eigenvalue weighted by molar-refractivity contribution is 5.54. The molecule has 2 rings (SSSR count). The van der Waals surface area contributed by atoms with E-state index in [1.54, 1.807) is 0 Å². The second-order valence-electron chi connectivity index (χ2n) is 4.55. The van der Waals surface area contributed by atoms with Crippen molar-refractivity contribution in [3.05, 3.63) is 35.7 Å². The first-order valence-electron chi connectivity index (χ1n) is 5.70. The first-order valence-corrected chi connectivity index (χ1v) is 5.70. The van der Waals surface area contributed by atoms with Crippen molar-refractivity contribution >= 4 is 5.82 Å². The largest absolute Gasteiger partial charge is 0.329 e. The molecule has 0 saturated heterocycles. The average Bonchev–Trinajstić information content (AvgIpc) is 2.97. The molecule has 0 unspecified atom stereocenters. The van der Waals surface area contributed by atoms with Crippen LogP contribution in [0.5, 0.6) is 0 Å². The van der Waals surface area contributed by atoms with Crippen LogP contribution in [-0.2, 0) is 0 Å². The highest BCUT2D eigenvalue weighted by Gasteiger charge is 2.24. The average molecular weight is 217 g/mol. The maximum absolute atomic E-state index is 4.43. The topological polar surface area (TPSA) is 19.4 Å². The zero-order valence-electron chi connectivity index (χ0n) is 10.3. The molecule has 0 spiro atoms. The molecule has 0 amide bonds. The predicted molar refractivity (Wildman–Crippen MR) is 67.5 cm³/mol. The monoisotopic (exact) mass is 217 g/mol. The molecule has 16 heavy (non-hydrogen) atoms. The zero-order chi connectivity index (χ0) is 11.5. The highest BCUT2D eigenvalue weighted by atomic mass is 15.2. The summed E-state index contributed by atoms with van der Waals surface area (Å²) in [7, 11) is 4.20. The molecule has 0 aliphatic heterocycles. The molecule has 0 bridgehead atoms. The van der Waals surface area contributed by atoms with Gasteiger partial charge >= 0.3 is 0 Å². The van der Waals surface area contributed by atoms with E-state index in [1.807, 2.05) is 18.3 Å². The number of rotatable bonds is 5. The second-order valence-corrected chi connectivity index (χ2v) is 4.55. The fourth-order valence-corrected chi connectivity index (χ4v) is 1.73. The summed E-state index contributed by atoms with van der Waals surface area (Å²) in [5, 5.41) is 0. The Balaban J connectivity index is 2.10. The van der Waals surface area contributed by atoms with Crippen LogP contribution in [-0.4, -0.2) is 37.1 Å². The van der Waals surface area contributed by atoms with Crippen molar-refractivity contribution in [3.63, 3.8) is 0 Å². The second kappa shape index (κ2) is 4.66. The van der Waals surface area contributed by atoms with E-state index in [4.69, 9.17) is 0 Å². The molecule has 0 N–H and O–H groups in total. The van der Waals surface area contributed by atoms with Gasteiger partial charge in [-0.05, 0) is 38.7 Å². The van der Waals surface area contributed by atoms with Crippen LogP contribution in [0.15, 0.2) is 35.7 Å². The Labute approximate surface area is 97.4 Å². The number of hydrogen-bond donors (Lipinski definition) is 0. The van der Waals surface area contributed by atoms with Gasteiger partial charge in [-0.25, -0.2) is 4.98 Å². The van der Waals surface area contributed by atoms with Crippen LogP contribution in [0.4, 0.5) is 5.82 Å². The lowest BCUT2D eigenvalue weighted by Gasteiger charge is -2.22. The standard InChI is InChI=1S/C13H19N3/c1-11-10-12(11)16(9-8-15(2)3)13-6-4-5-7-14-13/h4-7H,8-10H2,1-3H3. The minimum Gasteiger partial charge on any atom is -0.329 e. The molecule has 3 nitrogen and oxygen atoms in total. The quantitative estimate of drug-likeness (QED) is 0.753. The number of nitrogens with zero attached hydrogens (tertiary/aromatic N) is 3. The summed E-state index contributed by atoms with van der Waals surface area (Å²) in [5.74, 6) is 1.07. The van der Waals surface area contributed by atoms with Gasteiger partial charge in [0.1, 0.15) is 5.82 Å². The lowest BCUT2D eigenvalue weighted by molar-refractivity contribution is 0.417. The summed E-state index contributed by atoms with van der Waals surface area (Å²) < 4.78 is 0. The molecule has 0 fully saturated rings. The summed E-state index contributed by atoms with van der Waals surface area (Å²) in [5.41, 5.74) is 2.94. The molecule has 1 aliphatic carbocycles. The van der Waals surface area contributed by atoms with E-state index in [1.165, 1.54) is 11.3 Å². The maximum Gasteiger partial charge on any atom is 0.132 e. The van der Waals surface area contributed by atoms with Crippen molar-refractivity contribution in [2.45, 2.75) is 13.3 Å². The third-order valence-electron chi connectivity index (χ3n) is 2.82. The third kappa shape index (κ3) is 2.61. The Morgan fingerprint density at radius 3 is 2.50 bits per heavy atom.